The lowest BCUT2D eigenvalue weighted by atomic mass is 10.1. The Hall–Kier alpha value is -2.01. The van der Waals surface area contributed by atoms with Crippen molar-refractivity contribution in [2.24, 2.45) is 0 Å². The molecule has 0 bridgehead atoms. The number of carbonyl (C=O) groups is 1. The van der Waals surface area contributed by atoms with E-state index < -0.39 is 0 Å². The fourth-order valence-corrected chi connectivity index (χ4v) is 2.61. The van der Waals surface area contributed by atoms with Gasteiger partial charge in [0.25, 0.3) is 0 Å². The topological polar surface area (TPSA) is 52.3 Å². The van der Waals surface area contributed by atoms with E-state index in [1.165, 1.54) is 30.8 Å². The van der Waals surface area contributed by atoms with Gasteiger partial charge in [0.1, 0.15) is 11.6 Å². The summed E-state index contributed by atoms with van der Waals surface area (Å²) in [5.41, 5.74) is 6.73. The molecule has 21 heavy (non-hydrogen) atoms. The molecule has 5 heteroatoms. The van der Waals surface area contributed by atoms with E-state index in [0.29, 0.717) is 29.4 Å². The summed E-state index contributed by atoms with van der Waals surface area (Å²) in [4.78, 5) is 12.3. The molecule has 0 unspecified atom stereocenters. The quantitative estimate of drug-likeness (QED) is 0.382. The van der Waals surface area contributed by atoms with E-state index in [-0.39, 0.29) is 11.6 Å². The molecule has 2 aromatic carbocycles. The molecule has 0 saturated heterocycles. The molecule has 0 heterocycles. The number of nitrogens with two attached hydrogens (primary N) is 1. The lowest BCUT2D eigenvalue weighted by Crippen LogP contribution is -2.04. The molecule has 0 radical (unpaired) electrons. The first-order valence-electron chi connectivity index (χ1n) is 6.48. The van der Waals surface area contributed by atoms with Gasteiger partial charge < -0.3 is 10.5 Å². The number of hydrogen-bond donors (Lipinski definition) is 1. The van der Waals surface area contributed by atoms with Crippen LogP contribution in [0, 0.1) is 5.82 Å². The number of ether oxygens (including phenoxy) is 1. The summed E-state index contributed by atoms with van der Waals surface area (Å²) < 4.78 is 18.6. The molecule has 0 saturated carbocycles. The highest BCUT2D eigenvalue weighted by molar-refractivity contribution is 7.99. The van der Waals surface area contributed by atoms with E-state index in [0.717, 1.165) is 4.90 Å². The molecule has 0 spiro atoms. The van der Waals surface area contributed by atoms with Crippen LogP contribution in [0.3, 0.4) is 0 Å². The molecular formula is C16H16FNO2S. The molecule has 110 valence electrons. The third-order valence-corrected chi connectivity index (χ3v) is 3.89. The van der Waals surface area contributed by atoms with Gasteiger partial charge in [0.2, 0.25) is 0 Å². The summed E-state index contributed by atoms with van der Waals surface area (Å²) >= 11 is 1.49. The van der Waals surface area contributed by atoms with Gasteiger partial charge in [-0.15, -0.1) is 11.8 Å². The van der Waals surface area contributed by atoms with Crippen molar-refractivity contribution in [2.45, 2.75) is 11.8 Å². The highest BCUT2D eigenvalue weighted by atomic mass is 32.2. The number of Topliss-reactive ketones (excluding diaryl/α,β-unsaturated/α-hetero) is 1. The summed E-state index contributed by atoms with van der Waals surface area (Å²) in [5.74, 6) is 0.865. The Morgan fingerprint density at radius 2 is 2.05 bits per heavy atom. The molecule has 2 rings (SSSR count). The first-order valence-corrected chi connectivity index (χ1v) is 7.47. The Labute approximate surface area is 127 Å². The van der Waals surface area contributed by atoms with Gasteiger partial charge in [-0.3, -0.25) is 4.79 Å². The molecule has 0 aromatic heterocycles. The van der Waals surface area contributed by atoms with E-state index in [1.54, 1.807) is 24.3 Å². The first-order chi connectivity index (χ1) is 10.1. The van der Waals surface area contributed by atoms with Crippen molar-refractivity contribution in [3.8, 4) is 5.75 Å². The van der Waals surface area contributed by atoms with Gasteiger partial charge in [-0.1, -0.05) is 12.1 Å². The number of para-hydroxylation sites is 1. The Bertz CT molecular complexity index is 646. The number of benzene rings is 2. The zero-order valence-electron chi connectivity index (χ0n) is 11.6. The van der Waals surface area contributed by atoms with Gasteiger partial charge in [-0.2, -0.15) is 0 Å². The minimum Gasteiger partial charge on any atom is -0.492 e. The van der Waals surface area contributed by atoms with E-state index in [9.17, 15) is 9.18 Å². The van der Waals surface area contributed by atoms with Gasteiger partial charge in [0.05, 0.1) is 12.2 Å². The maximum absolute atomic E-state index is 12.9. The van der Waals surface area contributed by atoms with Crippen LogP contribution in [-0.2, 0) is 0 Å². The van der Waals surface area contributed by atoms with Crippen LogP contribution in [0.4, 0.5) is 10.1 Å². The Morgan fingerprint density at radius 3 is 2.76 bits per heavy atom. The molecule has 0 aliphatic rings. The van der Waals surface area contributed by atoms with Crippen molar-refractivity contribution in [3.05, 3.63) is 53.8 Å². The number of anilines is 1. The van der Waals surface area contributed by atoms with Crippen LogP contribution >= 0.6 is 11.8 Å². The number of hydrogen-bond acceptors (Lipinski definition) is 4. The summed E-state index contributed by atoms with van der Waals surface area (Å²) in [6, 6.07) is 11.5. The number of halogens is 1. The van der Waals surface area contributed by atoms with Crippen molar-refractivity contribution in [1.29, 1.82) is 0 Å². The van der Waals surface area contributed by atoms with Crippen LogP contribution in [0.2, 0.25) is 0 Å². The normalized spacial score (nSPS) is 10.4. The van der Waals surface area contributed by atoms with E-state index in [4.69, 9.17) is 10.5 Å². The molecule has 2 aromatic rings. The summed E-state index contributed by atoms with van der Waals surface area (Å²) in [6.45, 7) is 1.95. The smallest absolute Gasteiger partial charge is 0.163 e. The Kier molecular flexibility index (Phi) is 5.22. The molecule has 2 N–H and O–H groups in total. The van der Waals surface area contributed by atoms with Crippen LogP contribution in [0.25, 0.3) is 0 Å². The summed E-state index contributed by atoms with van der Waals surface area (Å²) in [7, 11) is 0. The van der Waals surface area contributed by atoms with Gasteiger partial charge in [-0.05, 0) is 37.3 Å². The fourth-order valence-electron chi connectivity index (χ4n) is 1.84. The van der Waals surface area contributed by atoms with Crippen molar-refractivity contribution in [3.63, 3.8) is 0 Å². The average Bonchev–Trinajstić information content (AvgIpc) is 2.45. The number of ketones is 1. The zero-order valence-corrected chi connectivity index (χ0v) is 12.5. The highest BCUT2D eigenvalue weighted by Crippen LogP contribution is 2.26. The molecular weight excluding hydrogens is 289 g/mol. The van der Waals surface area contributed by atoms with Gasteiger partial charge in [0.15, 0.2) is 5.78 Å². The molecule has 0 aliphatic heterocycles. The Balaban J connectivity index is 1.89. The predicted molar refractivity (Wildman–Crippen MR) is 83.5 cm³/mol. The van der Waals surface area contributed by atoms with Gasteiger partial charge in [0, 0.05) is 16.3 Å². The Morgan fingerprint density at radius 1 is 1.29 bits per heavy atom. The maximum Gasteiger partial charge on any atom is 0.163 e. The van der Waals surface area contributed by atoms with Crippen molar-refractivity contribution in [1.82, 2.24) is 0 Å². The summed E-state index contributed by atoms with van der Waals surface area (Å²) in [6.07, 6.45) is 0. The molecule has 0 fully saturated rings. The third kappa shape index (κ3) is 4.23. The van der Waals surface area contributed by atoms with Gasteiger partial charge in [-0.25, -0.2) is 4.39 Å². The van der Waals surface area contributed by atoms with Crippen molar-refractivity contribution < 1.29 is 13.9 Å². The monoisotopic (exact) mass is 305 g/mol. The van der Waals surface area contributed by atoms with Crippen LogP contribution in [0.5, 0.6) is 5.75 Å². The van der Waals surface area contributed by atoms with Crippen molar-refractivity contribution in [2.75, 3.05) is 18.1 Å². The van der Waals surface area contributed by atoms with E-state index >= 15 is 0 Å². The van der Waals surface area contributed by atoms with Crippen LogP contribution in [-0.4, -0.2) is 18.1 Å². The standard InChI is InChI=1S/C16H16FNO2S/c1-11(19)13-4-2-3-5-15(13)20-8-9-21-16-7-6-12(17)10-14(16)18/h2-7,10H,8-9,18H2,1H3. The van der Waals surface area contributed by atoms with Crippen LogP contribution < -0.4 is 10.5 Å². The molecule has 0 amide bonds. The zero-order chi connectivity index (χ0) is 15.2. The molecule has 0 atom stereocenters. The maximum atomic E-state index is 12.9. The summed E-state index contributed by atoms with van der Waals surface area (Å²) in [5, 5.41) is 0. The number of thioether (sulfide) groups is 1. The first kappa shape index (κ1) is 15.4. The number of nitrogen functional groups attached to an aromatic ring is 1. The molecule has 3 nitrogen and oxygen atoms in total. The van der Waals surface area contributed by atoms with Crippen LogP contribution in [0.1, 0.15) is 17.3 Å². The van der Waals surface area contributed by atoms with Crippen molar-refractivity contribution >= 4 is 23.2 Å². The SMILES string of the molecule is CC(=O)c1ccccc1OCCSc1ccc(F)cc1N. The van der Waals surface area contributed by atoms with Gasteiger partial charge >= 0.3 is 0 Å². The lowest BCUT2D eigenvalue weighted by molar-refractivity contribution is 0.101. The second-order valence-electron chi connectivity index (χ2n) is 4.43. The minimum atomic E-state index is -0.344. The van der Waals surface area contributed by atoms with Crippen LogP contribution in [0.15, 0.2) is 47.4 Å². The lowest BCUT2D eigenvalue weighted by Gasteiger charge is -2.10. The van der Waals surface area contributed by atoms with E-state index in [2.05, 4.69) is 0 Å². The second kappa shape index (κ2) is 7.13. The number of rotatable bonds is 6. The number of carbonyl (C=O) groups excluding carboxylic acids is 1. The molecule has 0 aliphatic carbocycles. The minimum absolute atomic E-state index is 0.0268. The largest absolute Gasteiger partial charge is 0.492 e. The fraction of sp³-hybridized carbons (Fsp3) is 0.188. The average molecular weight is 305 g/mol. The highest BCUT2D eigenvalue weighted by Gasteiger charge is 2.07. The third-order valence-electron chi connectivity index (χ3n) is 2.84. The predicted octanol–water partition coefficient (Wildman–Crippen LogP) is 3.78. The second-order valence-corrected chi connectivity index (χ2v) is 5.57. The van der Waals surface area contributed by atoms with E-state index in [1.807, 2.05) is 6.07 Å².